The minimum atomic E-state index is -0.851. The molecule has 1 aliphatic rings. The molecule has 9 heteroatoms. The zero-order valence-corrected chi connectivity index (χ0v) is 18.8. The van der Waals surface area contributed by atoms with Crippen LogP contribution in [0.1, 0.15) is 26.2 Å². The molecule has 2 unspecified atom stereocenters. The van der Waals surface area contributed by atoms with Crippen LogP contribution in [0, 0.1) is 23.5 Å². The quantitative estimate of drug-likeness (QED) is 0.305. The van der Waals surface area contributed by atoms with E-state index in [-0.39, 0.29) is 15.7 Å². The summed E-state index contributed by atoms with van der Waals surface area (Å²) in [7, 11) is 3.93. The van der Waals surface area contributed by atoms with Gasteiger partial charge in [-0.3, -0.25) is 0 Å². The minimum Gasteiger partial charge on any atom is -0.373 e. The lowest BCUT2D eigenvalue weighted by molar-refractivity contribution is 0.231. The summed E-state index contributed by atoms with van der Waals surface area (Å²) in [6, 6.07) is 5.92. The van der Waals surface area contributed by atoms with Gasteiger partial charge in [-0.1, -0.05) is 24.6 Å². The zero-order chi connectivity index (χ0) is 21.8. The Morgan fingerprint density at radius 1 is 1.37 bits per heavy atom. The monoisotopic (exact) mass is 458 g/mol. The number of rotatable bonds is 8. The van der Waals surface area contributed by atoms with Crippen LogP contribution in [0.5, 0.6) is 0 Å². The summed E-state index contributed by atoms with van der Waals surface area (Å²) >= 11 is 6.90. The van der Waals surface area contributed by atoms with Gasteiger partial charge in [0.15, 0.2) is 5.82 Å². The van der Waals surface area contributed by atoms with Crippen molar-refractivity contribution in [2.75, 3.05) is 36.8 Å². The number of nitrogens with one attached hydrogen (secondary N) is 1. The standard InChI is InChI=1S/C21H26ClF3N4S/c1-13(15-6-5-10-28(15)2)9-11-29(3)16-12-14(23)21(20(25)19(16)22)30-27-18-8-4-7-17(24)26-18/h4,7-8,12-13,15H,5-6,9-11H2,1-3H3,(H,26,27). The Morgan fingerprint density at radius 3 is 2.80 bits per heavy atom. The number of pyridine rings is 1. The van der Waals surface area contributed by atoms with E-state index in [1.807, 2.05) is 0 Å². The fourth-order valence-electron chi connectivity index (χ4n) is 3.87. The van der Waals surface area contributed by atoms with Gasteiger partial charge in [-0.2, -0.15) is 4.39 Å². The number of anilines is 2. The van der Waals surface area contributed by atoms with Crippen LogP contribution in [0.2, 0.25) is 5.02 Å². The molecular weight excluding hydrogens is 433 g/mol. The molecule has 1 aliphatic heterocycles. The molecule has 0 spiro atoms. The number of hydrogen-bond acceptors (Lipinski definition) is 5. The van der Waals surface area contributed by atoms with Gasteiger partial charge < -0.3 is 14.5 Å². The lowest BCUT2D eigenvalue weighted by atomic mass is 9.96. The summed E-state index contributed by atoms with van der Waals surface area (Å²) in [5.74, 6) is -1.64. The molecule has 2 aromatic rings. The third-order valence-electron chi connectivity index (χ3n) is 5.63. The van der Waals surface area contributed by atoms with E-state index in [2.05, 4.69) is 28.6 Å². The third kappa shape index (κ3) is 5.34. The molecule has 0 saturated carbocycles. The highest BCUT2D eigenvalue weighted by Gasteiger charge is 2.27. The molecule has 0 amide bonds. The van der Waals surface area contributed by atoms with Crippen molar-refractivity contribution in [2.24, 2.45) is 5.92 Å². The average molecular weight is 459 g/mol. The molecule has 1 aromatic heterocycles. The smallest absolute Gasteiger partial charge is 0.214 e. The molecule has 0 bridgehead atoms. The van der Waals surface area contributed by atoms with Crippen LogP contribution < -0.4 is 9.62 Å². The molecule has 1 fully saturated rings. The van der Waals surface area contributed by atoms with Crippen LogP contribution in [0.4, 0.5) is 24.7 Å². The number of hydrogen-bond donors (Lipinski definition) is 1. The van der Waals surface area contributed by atoms with Gasteiger partial charge in [0.05, 0.1) is 5.69 Å². The fourth-order valence-corrected chi connectivity index (χ4v) is 4.89. The summed E-state index contributed by atoms with van der Waals surface area (Å²) in [6.45, 7) is 3.97. The van der Waals surface area contributed by atoms with E-state index in [9.17, 15) is 13.2 Å². The van der Waals surface area contributed by atoms with Gasteiger partial charge in [-0.25, -0.2) is 13.8 Å². The number of halogens is 4. The Kier molecular flexibility index (Phi) is 7.76. The second kappa shape index (κ2) is 10.1. The minimum absolute atomic E-state index is 0.138. The van der Waals surface area contributed by atoms with Crippen molar-refractivity contribution in [1.29, 1.82) is 0 Å². The third-order valence-corrected chi connectivity index (χ3v) is 6.88. The highest BCUT2D eigenvalue weighted by atomic mass is 35.5. The van der Waals surface area contributed by atoms with Crippen LogP contribution in [-0.2, 0) is 0 Å². The van der Waals surface area contributed by atoms with E-state index in [4.69, 9.17) is 11.6 Å². The molecule has 0 radical (unpaired) electrons. The average Bonchev–Trinajstić information content (AvgIpc) is 3.14. The van der Waals surface area contributed by atoms with E-state index in [1.165, 1.54) is 37.1 Å². The van der Waals surface area contributed by atoms with Crippen molar-refractivity contribution in [2.45, 2.75) is 37.1 Å². The van der Waals surface area contributed by atoms with Crippen molar-refractivity contribution in [3.63, 3.8) is 0 Å². The first-order valence-corrected chi connectivity index (χ1v) is 11.1. The Hall–Kier alpha value is -1.64. The van der Waals surface area contributed by atoms with E-state index >= 15 is 0 Å². The van der Waals surface area contributed by atoms with Crippen LogP contribution in [-0.4, -0.2) is 43.1 Å². The van der Waals surface area contributed by atoms with Gasteiger partial charge in [-0.15, -0.1) is 0 Å². The second-order valence-electron chi connectivity index (χ2n) is 7.76. The van der Waals surface area contributed by atoms with E-state index < -0.39 is 17.6 Å². The Bertz CT molecular complexity index is 886. The largest absolute Gasteiger partial charge is 0.373 e. The molecule has 30 heavy (non-hydrogen) atoms. The van der Waals surface area contributed by atoms with Gasteiger partial charge in [0, 0.05) is 25.7 Å². The van der Waals surface area contributed by atoms with Crippen molar-refractivity contribution in [1.82, 2.24) is 9.88 Å². The topological polar surface area (TPSA) is 31.4 Å². The first kappa shape index (κ1) is 23.0. The predicted molar refractivity (Wildman–Crippen MR) is 118 cm³/mol. The maximum atomic E-state index is 14.8. The molecule has 1 saturated heterocycles. The number of nitrogens with zero attached hydrogens (tertiary/aromatic N) is 3. The molecule has 2 heterocycles. The maximum absolute atomic E-state index is 14.8. The number of aromatic nitrogens is 1. The number of likely N-dealkylation sites (tertiary alicyclic amines) is 1. The Balaban J connectivity index is 1.67. The molecule has 4 nitrogen and oxygen atoms in total. The molecule has 2 atom stereocenters. The summed E-state index contributed by atoms with van der Waals surface area (Å²) < 4.78 is 45.3. The van der Waals surface area contributed by atoms with Crippen molar-refractivity contribution in [3.05, 3.63) is 46.9 Å². The molecular formula is C21H26ClF3N4S. The molecule has 1 N–H and O–H groups in total. The SMILES string of the molecule is CC(CCN(C)c1cc(F)c(SNc2cccc(F)n2)c(F)c1Cl)C1CCCN1C. The second-order valence-corrected chi connectivity index (χ2v) is 8.96. The van der Waals surface area contributed by atoms with Crippen LogP contribution in [0.3, 0.4) is 0 Å². The molecule has 1 aromatic carbocycles. The van der Waals surface area contributed by atoms with Gasteiger partial charge in [0.25, 0.3) is 0 Å². The van der Waals surface area contributed by atoms with Crippen molar-refractivity contribution < 1.29 is 13.2 Å². The summed E-state index contributed by atoms with van der Waals surface area (Å²) in [4.78, 5) is 7.48. The normalized spacial score (nSPS) is 17.9. The van der Waals surface area contributed by atoms with Gasteiger partial charge in [-0.05, 0) is 62.9 Å². The maximum Gasteiger partial charge on any atom is 0.214 e. The van der Waals surface area contributed by atoms with Crippen LogP contribution >= 0.6 is 23.5 Å². The van der Waals surface area contributed by atoms with Gasteiger partial charge >= 0.3 is 0 Å². The van der Waals surface area contributed by atoms with Crippen LogP contribution in [0.15, 0.2) is 29.2 Å². The van der Waals surface area contributed by atoms with Gasteiger partial charge in [0.2, 0.25) is 5.95 Å². The van der Waals surface area contributed by atoms with Crippen molar-refractivity contribution in [3.8, 4) is 0 Å². The molecule has 164 valence electrons. The highest BCUT2D eigenvalue weighted by Crippen LogP contribution is 2.37. The van der Waals surface area contributed by atoms with E-state index in [0.29, 0.717) is 36.1 Å². The summed E-state index contributed by atoms with van der Waals surface area (Å²) in [6.07, 6.45) is 3.29. The first-order valence-electron chi connectivity index (χ1n) is 9.92. The Labute approximate surface area is 184 Å². The van der Waals surface area contributed by atoms with E-state index in [0.717, 1.165) is 13.0 Å². The summed E-state index contributed by atoms with van der Waals surface area (Å²) in [5.41, 5.74) is 0.312. The fraction of sp³-hybridized carbons (Fsp3) is 0.476. The zero-order valence-electron chi connectivity index (χ0n) is 17.3. The lowest BCUT2D eigenvalue weighted by Crippen LogP contribution is -2.33. The predicted octanol–water partition coefficient (Wildman–Crippen LogP) is 5.83. The Morgan fingerprint density at radius 2 is 2.13 bits per heavy atom. The lowest BCUT2D eigenvalue weighted by Gasteiger charge is -2.29. The number of benzene rings is 1. The first-order chi connectivity index (χ1) is 14.3. The molecule has 3 rings (SSSR count). The van der Waals surface area contributed by atoms with Crippen LogP contribution in [0.25, 0.3) is 0 Å². The molecule has 0 aliphatic carbocycles. The van der Waals surface area contributed by atoms with Gasteiger partial charge in [0.1, 0.15) is 21.6 Å². The highest BCUT2D eigenvalue weighted by molar-refractivity contribution is 8.00. The summed E-state index contributed by atoms with van der Waals surface area (Å²) in [5, 5.41) is -0.138. The van der Waals surface area contributed by atoms with E-state index in [1.54, 1.807) is 11.9 Å². The van der Waals surface area contributed by atoms with Crippen molar-refractivity contribution >= 4 is 35.1 Å².